The number of pyridine rings is 2. The van der Waals surface area contributed by atoms with Crippen molar-refractivity contribution in [3.8, 4) is 0 Å². The molecule has 0 saturated carbocycles. The molecule has 3 heterocycles. The van der Waals surface area contributed by atoms with Crippen LogP contribution in [0.25, 0.3) is 74.0 Å². The highest BCUT2D eigenvalue weighted by Gasteiger charge is 2.31. The van der Waals surface area contributed by atoms with Crippen molar-refractivity contribution in [3.05, 3.63) is 81.9 Å². The Labute approximate surface area is 252 Å². The van der Waals surface area contributed by atoms with Crippen LogP contribution in [-0.4, -0.2) is 14.1 Å². The Bertz CT molecular complexity index is 2730. The molecule has 0 aliphatic rings. The molecule has 0 bridgehead atoms. The molecule has 5 aromatic carbocycles. The summed E-state index contributed by atoms with van der Waals surface area (Å²) in [5, 5.41) is 18.5. The van der Waals surface area contributed by atoms with Gasteiger partial charge in [0.2, 0.25) is 0 Å². The summed E-state index contributed by atoms with van der Waals surface area (Å²) in [6.45, 7) is 7.73. The minimum Gasteiger partial charge on any atom is -0.271 e. The minimum absolute atomic E-state index is 0.151. The largest absolute Gasteiger partial charge is 0.278 e. The maximum Gasteiger partial charge on any atom is 0.278 e. The second kappa shape index (κ2) is 8.92. The molecule has 0 atom stereocenters. The fourth-order valence-corrected chi connectivity index (χ4v) is 9.10. The zero-order valence-corrected chi connectivity index (χ0v) is 25.4. The summed E-state index contributed by atoms with van der Waals surface area (Å²) in [6.07, 6.45) is 2.38. The molecule has 0 unspecified atom stereocenters. The summed E-state index contributed by atoms with van der Waals surface area (Å²) in [5.74, 6) is 0. The number of thiophene rings is 1. The quantitative estimate of drug-likeness (QED) is 0.0817. The zero-order chi connectivity index (χ0) is 30.9. The van der Waals surface area contributed by atoms with E-state index in [1.54, 1.807) is 18.2 Å². The van der Waals surface area contributed by atoms with Crippen LogP contribution in [-0.2, 0) is 0 Å². The maximum atomic E-state index is 14.0. The summed E-state index contributed by atoms with van der Waals surface area (Å²) in [5.41, 5.74) is -1.89. The number of aromatic nitrogens is 2. The van der Waals surface area contributed by atoms with Gasteiger partial charge in [-0.05, 0) is 49.3 Å². The van der Waals surface area contributed by atoms with E-state index in [1.807, 2.05) is 33.8 Å². The number of nitrogens with zero attached hydrogens (tertiary/aromatic N) is 3. The van der Waals surface area contributed by atoms with Crippen molar-refractivity contribution in [1.29, 1.82) is 0 Å². The average Bonchev–Trinajstić information content (AvgIpc) is 3.40. The number of non-ortho nitro benzene ring substituents is 1. The molecule has 8 rings (SSSR count). The highest BCUT2D eigenvalue weighted by molar-refractivity contribution is 7.26. The molecule has 0 amide bonds. The van der Waals surface area contributed by atoms with E-state index in [4.69, 9.17) is 0 Å². The zero-order valence-electron chi connectivity index (χ0n) is 24.6. The van der Waals surface area contributed by atoms with Gasteiger partial charge in [-0.2, -0.15) is 0 Å². The average molecular weight is 606 g/mol. The van der Waals surface area contributed by atoms with Crippen LogP contribution in [0, 0.1) is 10.1 Å². The number of rotatable bonds is 7. The van der Waals surface area contributed by atoms with E-state index in [2.05, 4.69) is 0 Å². The van der Waals surface area contributed by atoms with Crippen molar-refractivity contribution < 1.29 is 4.92 Å². The van der Waals surface area contributed by atoms with Gasteiger partial charge in [0.1, 0.15) is 0 Å². The molecule has 0 aliphatic carbocycles. The van der Waals surface area contributed by atoms with E-state index in [1.165, 1.54) is 26.5 Å². The van der Waals surface area contributed by atoms with Crippen LogP contribution in [0.4, 0.5) is 5.69 Å². The van der Waals surface area contributed by atoms with Gasteiger partial charge in [-0.25, -0.2) is 0 Å². The van der Waals surface area contributed by atoms with Crippen molar-refractivity contribution in [3.63, 3.8) is 0 Å². The van der Waals surface area contributed by atoms with Crippen LogP contribution in [0.5, 0.6) is 0 Å². The monoisotopic (exact) mass is 605 g/mol. The number of hydrogen-bond donors (Lipinski definition) is 0. The Morgan fingerprint density at radius 2 is 1.02 bits per heavy atom. The van der Waals surface area contributed by atoms with E-state index < -0.39 is 16.0 Å². The lowest BCUT2D eigenvalue weighted by atomic mass is 9.85. The normalized spacial score (nSPS) is 13.0. The molecule has 0 spiro atoms. The van der Waals surface area contributed by atoms with E-state index in [0.717, 1.165) is 20.2 Å². The fraction of sp³-hybridized carbons (Fsp3) is 0.294. The van der Waals surface area contributed by atoms with Gasteiger partial charge in [0.15, 0.2) is 0 Å². The highest BCUT2D eigenvalue weighted by atomic mass is 32.1. The summed E-state index contributed by atoms with van der Waals surface area (Å²) in [6, 6.07) is 7.74. The van der Waals surface area contributed by atoms with Gasteiger partial charge < -0.3 is 0 Å². The first-order valence-corrected chi connectivity index (χ1v) is 15.9. The predicted octanol–water partition coefficient (Wildman–Crippen LogP) is 7.25. The summed E-state index contributed by atoms with van der Waals surface area (Å²) < 4.78 is 4.16. The van der Waals surface area contributed by atoms with Crippen molar-refractivity contribution in [2.24, 2.45) is 0 Å². The topological polar surface area (TPSA) is 121 Å². The summed E-state index contributed by atoms with van der Waals surface area (Å²) >= 11 is 1.42. The molecular formula is C34H27N3O6S. The molecule has 10 heteroatoms. The molecule has 220 valence electrons. The summed E-state index contributed by atoms with van der Waals surface area (Å²) in [7, 11) is 0. The lowest BCUT2D eigenvalue weighted by Crippen LogP contribution is -2.36. The molecule has 8 aromatic rings. The molecule has 0 aliphatic heterocycles. The smallest absolute Gasteiger partial charge is 0.271 e. The Balaban J connectivity index is 1.72. The molecule has 0 fully saturated rings. The standard InChI is InChI=1S/C34H27N3O6S/c1-5-14(6-2)35-31(38)17-10-9-16-26-21(37(42)43)11-18-25-20(34(41)36(32(18)39)15(7-3)8-4)13-23-29(30(25)26)28-22(44-23)12-19(33(35)40)24(17)27(16)28/h9-15H,5-8H2,1-4H3. The van der Waals surface area contributed by atoms with Crippen LogP contribution < -0.4 is 22.2 Å². The third-order valence-corrected chi connectivity index (χ3v) is 11.0. The number of benzene rings is 5. The van der Waals surface area contributed by atoms with Gasteiger partial charge in [0.25, 0.3) is 27.9 Å². The third-order valence-electron chi connectivity index (χ3n) is 9.94. The van der Waals surface area contributed by atoms with Crippen LogP contribution in [0.15, 0.2) is 49.5 Å². The van der Waals surface area contributed by atoms with Gasteiger partial charge >= 0.3 is 0 Å². The van der Waals surface area contributed by atoms with E-state index in [0.29, 0.717) is 74.2 Å². The van der Waals surface area contributed by atoms with Gasteiger partial charge in [0.05, 0.1) is 26.5 Å². The van der Waals surface area contributed by atoms with Crippen molar-refractivity contribution in [2.45, 2.75) is 65.5 Å². The maximum absolute atomic E-state index is 14.0. The molecule has 0 N–H and O–H groups in total. The predicted molar refractivity (Wildman–Crippen MR) is 179 cm³/mol. The lowest BCUT2D eigenvalue weighted by Gasteiger charge is -2.21. The van der Waals surface area contributed by atoms with E-state index in [9.17, 15) is 29.3 Å². The number of nitro benzene ring substituents is 1. The SMILES string of the molecule is CCC(CC)n1c(=O)c2ccc3c4c([N+](=O)[O-])cc5c(=O)n(C(CC)CC)c(=O)c6cc7sc8cc(c1=O)c2c3c8c7c4c56. The van der Waals surface area contributed by atoms with Crippen LogP contribution in [0.2, 0.25) is 0 Å². The van der Waals surface area contributed by atoms with Gasteiger partial charge in [0, 0.05) is 65.3 Å². The van der Waals surface area contributed by atoms with Gasteiger partial charge in [-0.3, -0.25) is 38.4 Å². The minimum atomic E-state index is -0.523. The van der Waals surface area contributed by atoms with Crippen LogP contribution in [0.1, 0.15) is 65.5 Å². The first-order chi connectivity index (χ1) is 21.2. The second-order valence-electron chi connectivity index (χ2n) is 11.8. The van der Waals surface area contributed by atoms with Crippen LogP contribution in [0.3, 0.4) is 0 Å². The Hall–Kier alpha value is -4.70. The number of fused-ring (bicyclic) bond motifs is 1. The van der Waals surface area contributed by atoms with Crippen LogP contribution >= 0.6 is 11.3 Å². The first-order valence-electron chi connectivity index (χ1n) is 15.1. The second-order valence-corrected chi connectivity index (χ2v) is 12.9. The van der Waals surface area contributed by atoms with E-state index in [-0.39, 0.29) is 34.3 Å². The summed E-state index contributed by atoms with van der Waals surface area (Å²) in [4.78, 5) is 68.2. The molecular weight excluding hydrogens is 578 g/mol. The van der Waals surface area contributed by atoms with Crippen molar-refractivity contribution in [2.75, 3.05) is 0 Å². The Morgan fingerprint density at radius 1 is 0.591 bits per heavy atom. The number of hydrogen-bond acceptors (Lipinski definition) is 7. The fourth-order valence-electron chi connectivity index (χ4n) is 7.90. The molecule has 9 nitrogen and oxygen atoms in total. The molecule has 0 saturated heterocycles. The number of nitro groups is 1. The first kappa shape index (κ1) is 26.9. The molecule has 0 radical (unpaired) electrons. The van der Waals surface area contributed by atoms with Gasteiger partial charge in [-0.1, -0.05) is 33.8 Å². The lowest BCUT2D eigenvalue weighted by molar-refractivity contribution is -0.382. The Morgan fingerprint density at radius 3 is 1.52 bits per heavy atom. The van der Waals surface area contributed by atoms with Crippen molar-refractivity contribution >= 4 is 91.1 Å². The third kappa shape index (κ3) is 2.99. The van der Waals surface area contributed by atoms with Crippen molar-refractivity contribution in [1.82, 2.24) is 9.13 Å². The molecule has 3 aromatic heterocycles. The van der Waals surface area contributed by atoms with E-state index >= 15 is 0 Å². The highest BCUT2D eigenvalue weighted by Crippen LogP contribution is 2.53. The Kier molecular flexibility index (Phi) is 5.45. The van der Waals surface area contributed by atoms with Gasteiger partial charge in [-0.15, -0.1) is 11.3 Å². The molecule has 44 heavy (non-hydrogen) atoms.